The number of hydrogen-bond donors (Lipinski definition) is 2. The predicted octanol–water partition coefficient (Wildman–Crippen LogP) is 1.69. The van der Waals surface area contributed by atoms with Crippen molar-refractivity contribution < 1.29 is 4.79 Å². The number of nitrogens with one attached hydrogen (secondary N) is 2. The van der Waals surface area contributed by atoms with Crippen LogP contribution in [0.1, 0.15) is 46.5 Å². The number of hydrogen-bond acceptors (Lipinski definition) is 3. The van der Waals surface area contributed by atoms with Crippen LogP contribution in [0.15, 0.2) is 10.1 Å². The zero-order valence-electron chi connectivity index (χ0n) is 11.8. The van der Waals surface area contributed by atoms with Gasteiger partial charge in [-0.05, 0) is 45.4 Å². The molecule has 0 saturated heterocycles. The minimum atomic E-state index is 0.0697. The van der Waals surface area contributed by atoms with Crippen molar-refractivity contribution >= 4 is 17.5 Å². The first-order valence-corrected chi connectivity index (χ1v) is 6.53. The average Bonchev–Trinajstić information content (AvgIpc) is 2.35. The molecule has 0 heterocycles. The normalized spacial score (nSPS) is 25.8. The highest BCUT2D eigenvalue weighted by molar-refractivity contribution is 5.87. The van der Waals surface area contributed by atoms with Crippen LogP contribution in [-0.2, 0) is 4.79 Å². The molecule has 1 rings (SSSR count). The Bertz CT molecular complexity index is 341. The van der Waals surface area contributed by atoms with Crippen molar-refractivity contribution in [1.82, 2.24) is 10.7 Å². The molecular formula is C13H24N4O. The number of carbonyl (C=O) groups is 1. The van der Waals surface area contributed by atoms with Crippen molar-refractivity contribution in [3.05, 3.63) is 0 Å². The third kappa shape index (κ3) is 4.85. The number of amides is 1. The fourth-order valence-electron chi connectivity index (χ4n) is 2.25. The summed E-state index contributed by atoms with van der Waals surface area (Å²) in [5, 5.41) is 7.34. The van der Waals surface area contributed by atoms with Gasteiger partial charge in [-0.2, -0.15) is 5.10 Å². The lowest BCUT2D eigenvalue weighted by atomic mass is 9.83. The first-order valence-electron chi connectivity index (χ1n) is 6.53. The average molecular weight is 252 g/mol. The molecule has 0 aliphatic heterocycles. The number of hydrazone groups is 1. The molecule has 18 heavy (non-hydrogen) atoms. The van der Waals surface area contributed by atoms with Crippen molar-refractivity contribution in [2.75, 3.05) is 7.05 Å². The number of amidine groups is 1. The fraction of sp³-hybridized carbons (Fsp3) is 0.769. The Hall–Kier alpha value is -1.39. The van der Waals surface area contributed by atoms with Crippen LogP contribution in [0, 0.1) is 5.92 Å². The van der Waals surface area contributed by atoms with Crippen LogP contribution in [0.25, 0.3) is 0 Å². The summed E-state index contributed by atoms with van der Waals surface area (Å²) in [7, 11) is 1.74. The van der Waals surface area contributed by atoms with Crippen molar-refractivity contribution in [2.24, 2.45) is 16.0 Å². The zero-order chi connectivity index (χ0) is 13.5. The molecule has 0 atom stereocenters. The summed E-state index contributed by atoms with van der Waals surface area (Å²) in [5.74, 6) is 1.41. The van der Waals surface area contributed by atoms with E-state index in [0.29, 0.717) is 12.0 Å². The molecule has 5 nitrogen and oxygen atoms in total. The molecule has 0 unspecified atom stereocenters. The van der Waals surface area contributed by atoms with E-state index in [-0.39, 0.29) is 5.91 Å². The number of rotatable bonds is 3. The van der Waals surface area contributed by atoms with E-state index in [1.54, 1.807) is 14.0 Å². The molecule has 1 fully saturated rings. The predicted molar refractivity (Wildman–Crippen MR) is 74.8 cm³/mol. The summed E-state index contributed by atoms with van der Waals surface area (Å²) in [6, 6.07) is 0.346. The molecule has 1 saturated carbocycles. The summed E-state index contributed by atoms with van der Waals surface area (Å²) >= 11 is 0. The van der Waals surface area contributed by atoms with Gasteiger partial charge in [-0.25, -0.2) is 0 Å². The van der Waals surface area contributed by atoms with Crippen LogP contribution in [0.5, 0.6) is 0 Å². The van der Waals surface area contributed by atoms with Gasteiger partial charge >= 0.3 is 0 Å². The quantitative estimate of drug-likeness (QED) is 0.456. The van der Waals surface area contributed by atoms with E-state index >= 15 is 0 Å². The monoisotopic (exact) mass is 252 g/mol. The standard InChI is InChI=1S/C13H24N4O/c1-9(16-17-10(2)14-4)12-5-7-13(8-6-12)15-11(3)18/h12-13H,5-8H2,1-4H3,(H,14,17)(H,15,18)/b16-9+. The Balaban J connectivity index is 2.40. The van der Waals surface area contributed by atoms with Gasteiger partial charge in [0.1, 0.15) is 5.84 Å². The van der Waals surface area contributed by atoms with E-state index in [4.69, 9.17) is 0 Å². The second-order valence-corrected chi connectivity index (χ2v) is 4.92. The first kappa shape index (κ1) is 14.7. The maximum Gasteiger partial charge on any atom is 0.217 e. The smallest absolute Gasteiger partial charge is 0.217 e. The Labute approximate surface area is 109 Å². The SMILES string of the molecule is CN=C(C)N/N=C(\C)C1CCC(NC(C)=O)CC1. The van der Waals surface area contributed by atoms with E-state index in [1.165, 1.54) is 0 Å². The third-order valence-corrected chi connectivity index (χ3v) is 3.45. The lowest BCUT2D eigenvalue weighted by Crippen LogP contribution is -2.37. The molecule has 102 valence electrons. The van der Waals surface area contributed by atoms with Crippen LogP contribution in [0.4, 0.5) is 0 Å². The van der Waals surface area contributed by atoms with Crippen molar-refractivity contribution in [2.45, 2.75) is 52.5 Å². The molecule has 5 heteroatoms. The molecule has 0 aromatic carbocycles. The van der Waals surface area contributed by atoms with Gasteiger partial charge in [0.15, 0.2) is 0 Å². The van der Waals surface area contributed by atoms with Crippen LogP contribution in [0.3, 0.4) is 0 Å². The van der Waals surface area contributed by atoms with Crippen molar-refractivity contribution in [3.8, 4) is 0 Å². The number of nitrogens with zero attached hydrogens (tertiary/aromatic N) is 2. The summed E-state index contributed by atoms with van der Waals surface area (Å²) in [6.45, 7) is 5.53. The molecular weight excluding hydrogens is 228 g/mol. The number of aliphatic imine (C=N–C) groups is 1. The second kappa shape index (κ2) is 7.13. The molecule has 2 N–H and O–H groups in total. The molecule has 0 aromatic heterocycles. The van der Waals surface area contributed by atoms with E-state index in [9.17, 15) is 4.79 Å². The highest BCUT2D eigenvalue weighted by Gasteiger charge is 2.23. The first-order chi connectivity index (χ1) is 8.52. The Morgan fingerprint density at radius 2 is 1.72 bits per heavy atom. The highest BCUT2D eigenvalue weighted by Crippen LogP contribution is 2.25. The second-order valence-electron chi connectivity index (χ2n) is 4.92. The summed E-state index contributed by atoms with van der Waals surface area (Å²) in [4.78, 5) is 15.0. The van der Waals surface area contributed by atoms with E-state index in [0.717, 1.165) is 37.2 Å². The van der Waals surface area contributed by atoms with Gasteiger partial charge < -0.3 is 5.32 Å². The molecule has 0 aromatic rings. The Morgan fingerprint density at radius 1 is 1.11 bits per heavy atom. The molecule has 1 amide bonds. The van der Waals surface area contributed by atoms with E-state index in [2.05, 4.69) is 27.8 Å². The Morgan fingerprint density at radius 3 is 2.22 bits per heavy atom. The molecule has 1 aliphatic rings. The molecule has 1 aliphatic carbocycles. The van der Waals surface area contributed by atoms with E-state index < -0.39 is 0 Å². The van der Waals surface area contributed by atoms with Gasteiger partial charge in [0, 0.05) is 25.7 Å². The maximum atomic E-state index is 11.0. The van der Waals surface area contributed by atoms with Crippen LogP contribution in [0.2, 0.25) is 0 Å². The highest BCUT2D eigenvalue weighted by atomic mass is 16.1. The minimum absolute atomic E-state index is 0.0697. The van der Waals surface area contributed by atoms with Gasteiger partial charge in [0.05, 0.1) is 0 Å². The van der Waals surface area contributed by atoms with Crippen molar-refractivity contribution in [3.63, 3.8) is 0 Å². The van der Waals surface area contributed by atoms with Crippen LogP contribution in [-0.4, -0.2) is 30.5 Å². The third-order valence-electron chi connectivity index (χ3n) is 3.45. The molecule has 0 radical (unpaired) electrons. The lowest BCUT2D eigenvalue weighted by molar-refractivity contribution is -0.119. The molecule has 0 spiro atoms. The number of carbonyl (C=O) groups excluding carboxylic acids is 1. The van der Waals surface area contributed by atoms with Gasteiger partial charge in [0.25, 0.3) is 0 Å². The summed E-state index contributed by atoms with van der Waals surface area (Å²) in [5.41, 5.74) is 4.07. The maximum absolute atomic E-state index is 11.0. The van der Waals surface area contributed by atoms with Crippen LogP contribution >= 0.6 is 0 Å². The van der Waals surface area contributed by atoms with Gasteiger partial charge in [-0.1, -0.05) is 0 Å². The van der Waals surface area contributed by atoms with E-state index in [1.807, 2.05) is 6.92 Å². The van der Waals surface area contributed by atoms with Gasteiger partial charge in [-0.15, -0.1) is 0 Å². The summed E-state index contributed by atoms with van der Waals surface area (Å²) < 4.78 is 0. The van der Waals surface area contributed by atoms with Gasteiger partial charge in [-0.3, -0.25) is 15.2 Å². The lowest BCUT2D eigenvalue weighted by Gasteiger charge is -2.28. The summed E-state index contributed by atoms with van der Waals surface area (Å²) in [6.07, 6.45) is 4.25. The van der Waals surface area contributed by atoms with Crippen molar-refractivity contribution in [1.29, 1.82) is 0 Å². The zero-order valence-corrected chi connectivity index (χ0v) is 11.8. The minimum Gasteiger partial charge on any atom is -0.354 e. The topological polar surface area (TPSA) is 65.8 Å². The molecule has 0 bridgehead atoms. The van der Waals surface area contributed by atoms with Gasteiger partial charge in [0.2, 0.25) is 5.91 Å². The van der Waals surface area contributed by atoms with Crippen LogP contribution < -0.4 is 10.7 Å². The Kier molecular flexibility index (Phi) is 5.82. The fourth-order valence-corrected chi connectivity index (χ4v) is 2.25. The largest absolute Gasteiger partial charge is 0.354 e.